The zero-order valence-electron chi connectivity index (χ0n) is 16.0. The third-order valence-corrected chi connectivity index (χ3v) is 5.28. The van der Waals surface area contributed by atoms with Crippen molar-refractivity contribution in [1.29, 1.82) is 0 Å². The summed E-state index contributed by atoms with van der Waals surface area (Å²) in [7, 11) is 0. The first-order chi connectivity index (χ1) is 13.8. The van der Waals surface area contributed by atoms with Gasteiger partial charge in [-0.1, -0.05) is 12.1 Å². The van der Waals surface area contributed by atoms with E-state index in [0.717, 1.165) is 56.2 Å². The van der Waals surface area contributed by atoms with Gasteiger partial charge >= 0.3 is 0 Å². The van der Waals surface area contributed by atoms with Crippen molar-refractivity contribution < 1.29 is 14.3 Å². The van der Waals surface area contributed by atoms with Gasteiger partial charge in [0.2, 0.25) is 5.91 Å². The molecule has 0 saturated carbocycles. The van der Waals surface area contributed by atoms with E-state index in [4.69, 9.17) is 9.47 Å². The lowest BCUT2D eigenvalue weighted by molar-refractivity contribution is -0.122. The van der Waals surface area contributed by atoms with Crippen LogP contribution in [0, 0.1) is 5.92 Å². The molecule has 4 rings (SSSR count). The van der Waals surface area contributed by atoms with Crippen LogP contribution in [-0.4, -0.2) is 45.4 Å². The molecule has 2 aromatic rings. The smallest absolute Gasteiger partial charge is 0.227 e. The Bertz CT molecular complexity index is 782. The first-order valence-electron chi connectivity index (χ1n) is 9.97. The van der Waals surface area contributed by atoms with Gasteiger partial charge in [0.25, 0.3) is 0 Å². The molecular weight excluding hydrogens is 354 g/mol. The second-order valence-electron chi connectivity index (χ2n) is 7.19. The van der Waals surface area contributed by atoms with E-state index < -0.39 is 0 Å². The van der Waals surface area contributed by atoms with Crippen LogP contribution in [0.4, 0.5) is 22.7 Å². The van der Waals surface area contributed by atoms with E-state index in [0.29, 0.717) is 13.2 Å². The van der Waals surface area contributed by atoms with Crippen molar-refractivity contribution in [3.05, 3.63) is 48.5 Å². The molecule has 0 radical (unpaired) electrons. The fourth-order valence-corrected chi connectivity index (χ4v) is 3.66. The van der Waals surface area contributed by atoms with Crippen LogP contribution in [0.3, 0.4) is 0 Å². The lowest BCUT2D eigenvalue weighted by atomic mass is 9.99. The molecule has 0 atom stereocenters. The molecular formula is C22H27N3O3. The molecule has 2 aromatic carbocycles. The highest BCUT2D eigenvalue weighted by Crippen LogP contribution is 2.29. The van der Waals surface area contributed by atoms with Gasteiger partial charge in [-0.3, -0.25) is 4.79 Å². The van der Waals surface area contributed by atoms with Gasteiger partial charge < -0.3 is 25.0 Å². The first-order valence-corrected chi connectivity index (χ1v) is 9.97. The molecule has 2 aliphatic heterocycles. The maximum absolute atomic E-state index is 12.4. The predicted molar refractivity (Wildman–Crippen MR) is 111 cm³/mol. The minimum atomic E-state index is 0.0481. The Kier molecular flexibility index (Phi) is 6.09. The largest absolute Gasteiger partial charge is 0.381 e. The van der Waals surface area contributed by atoms with Crippen LogP contribution in [0.2, 0.25) is 0 Å². The molecule has 0 bridgehead atoms. The Labute approximate surface area is 165 Å². The van der Waals surface area contributed by atoms with Crippen LogP contribution >= 0.6 is 0 Å². The number of hydrogen-bond donors (Lipinski definition) is 2. The fourth-order valence-electron chi connectivity index (χ4n) is 3.66. The number of carbonyl (C=O) groups is 1. The summed E-state index contributed by atoms with van der Waals surface area (Å²) in [6, 6.07) is 16.2. The molecule has 2 heterocycles. The number of rotatable bonds is 5. The number of nitrogens with zero attached hydrogens (tertiary/aromatic N) is 1. The summed E-state index contributed by atoms with van der Waals surface area (Å²) in [5, 5.41) is 6.52. The lowest BCUT2D eigenvalue weighted by Crippen LogP contribution is -2.36. The van der Waals surface area contributed by atoms with E-state index in [1.54, 1.807) is 0 Å². The maximum Gasteiger partial charge on any atom is 0.227 e. The highest BCUT2D eigenvalue weighted by molar-refractivity contribution is 5.92. The Morgan fingerprint density at radius 3 is 2.25 bits per heavy atom. The van der Waals surface area contributed by atoms with E-state index in [9.17, 15) is 4.79 Å². The molecule has 0 spiro atoms. The van der Waals surface area contributed by atoms with Crippen molar-refractivity contribution >= 4 is 28.7 Å². The van der Waals surface area contributed by atoms with Gasteiger partial charge in [0.15, 0.2) is 0 Å². The Balaban J connectivity index is 1.40. The molecule has 0 unspecified atom stereocenters. The zero-order chi connectivity index (χ0) is 19.2. The maximum atomic E-state index is 12.4. The van der Waals surface area contributed by atoms with Crippen LogP contribution in [0.1, 0.15) is 12.8 Å². The molecule has 0 aromatic heterocycles. The standard InChI is InChI=1S/C22H27N3O3/c26-22(17-9-13-27-14-10-17)24-19-7-5-18(6-8-19)23-20-3-1-2-4-21(20)25-11-15-28-16-12-25/h1-8,17,23H,9-16H2,(H,24,26). The summed E-state index contributed by atoms with van der Waals surface area (Å²) in [6.45, 7) is 4.66. The van der Waals surface area contributed by atoms with Crippen LogP contribution in [0.15, 0.2) is 48.5 Å². The van der Waals surface area contributed by atoms with Crippen molar-refractivity contribution in [2.45, 2.75) is 12.8 Å². The molecule has 148 valence electrons. The Hall–Kier alpha value is -2.57. The molecule has 6 nitrogen and oxygen atoms in total. The third kappa shape index (κ3) is 4.64. The van der Waals surface area contributed by atoms with E-state index >= 15 is 0 Å². The Morgan fingerprint density at radius 2 is 1.50 bits per heavy atom. The topological polar surface area (TPSA) is 62.8 Å². The number of ether oxygens (including phenoxy) is 2. The molecule has 2 fully saturated rings. The minimum absolute atomic E-state index is 0.0481. The SMILES string of the molecule is O=C(Nc1ccc(Nc2ccccc2N2CCOCC2)cc1)C1CCOCC1. The lowest BCUT2D eigenvalue weighted by Gasteiger charge is -2.30. The summed E-state index contributed by atoms with van der Waals surface area (Å²) in [5.74, 6) is 0.133. The average Bonchev–Trinajstić information content (AvgIpc) is 2.77. The third-order valence-electron chi connectivity index (χ3n) is 5.28. The minimum Gasteiger partial charge on any atom is -0.381 e. The molecule has 2 aliphatic rings. The highest BCUT2D eigenvalue weighted by Gasteiger charge is 2.21. The molecule has 28 heavy (non-hydrogen) atoms. The molecule has 1 amide bonds. The quantitative estimate of drug-likeness (QED) is 0.828. The van der Waals surface area contributed by atoms with Crippen LogP contribution < -0.4 is 15.5 Å². The summed E-state index contributed by atoms with van der Waals surface area (Å²) >= 11 is 0. The number of para-hydroxylation sites is 2. The van der Waals surface area contributed by atoms with Crippen molar-refractivity contribution in [1.82, 2.24) is 0 Å². The van der Waals surface area contributed by atoms with Crippen molar-refractivity contribution in [3.63, 3.8) is 0 Å². The van der Waals surface area contributed by atoms with Gasteiger partial charge in [-0.05, 0) is 49.2 Å². The van der Waals surface area contributed by atoms with Crippen LogP contribution in [0.5, 0.6) is 0 Å². The number of nitrogens with one attached hydrogen (secondary N) is 2. The summed E-state index contributed by atoms with van der Waals surface area (Å²) in [5.41, 5.74) is 4.07. The van der Waals surface area contributed by atoms with Crippen LogP contribution in [-0.2, 0) is 14.3 Å². The second-order valence-corrected chi connectivity index (χ2v) is 7.19. The summed E-state index contributed by atoms with van der Waals surface area (Å²) in [4.78, 5) is 14.7. The number of morpholine rings is 1. The summed E-state index contributed by atoms with van der Waals surface area (Å²) in [6.07, 6.45) is 1.59. The number of hydrogen-bond acceptors (Lipinski definition) is 5. The molecule has 0 aliphatic carbocycles. The number of benzene rings is 2. The van der Waals surface area contributed by atoms with E-state index in [1.165, 1.54) is 5.69 Å². The summed E-state index contributed by atoms with van der Waals surface area (Å²) < 4.78 is 10.8. The molecule has 2 saturated heterocycles. The van der Waals surface area contributed by atoms with E-state index in [-0.39, 0.29) is 11.8 Å². The van der Waals surface area contributed by atoms with E-state index in [2.05, 4.69) is 33.7 Å². The number of carbonyl (C=O) groups excluding carboxylic acids is 1. The average molecular weight is 381 g/mol. The fraction of sp³-hybridized carbons (Fsp3) is 0.409. The molecule has 2 N–H and O–H groups in total. The van der Waals surface area contributed by atoms with Gasteiger partial charge in [0.1, 0.15) is 0 Å². The normalized spacial score (nSPS) is 17.9. The van der Waals surface area contributed by atoms with Crippen molar-refractivity contribution in [3.8, 4) is 0 Å². The van der Waals surface area contributed by atoms with Gasteiger partial charge in [-0.15, -0.1) is 0 Å². The van der Waals surface area contributed by atoms with E-state index in [1.807, 2.05) is 30.3 Å². The molecule has 6 heteroatoms. The predicted octanol–water partition coefficient (Wildman–Crippen LogP) is 3.63. The van der Waals surface area contributed by atoms with Crippen molar-refractivity contribution in [2.75, 3.05) is 55.1 Å². The number of amides is 1. The highest BCUT2D eigenvalue weighted by atomic mass is 16.5. The Morgan fingerprint density at radius 1 is 0.857 bits per heavy atom. The van der Waals surface area contributed by atoms with Gasteiger partial charge in [0, 0.05) is 43.6 Å². The van der Waals surface area contributed by atoms with Gasteiger partial charge in [-0.25, -0.2) is 0 Å². The van der Waals surface area contributed by atoms with Crippen molar-refractivity contribution in [2.24, 2.45) is 5.92 Å². The monoisotopic (exact) mass is 381 g/mol. The van der Waals surface area contributed by atoms with Gasteiger partial charge in [0.05, 0.1) is 24.6 Å². The van der Waals surface area contributed by atoms with Crippen LogP contribution in [0.25, 0.3) is 0 Å². The van der Waals surface area contributed by atoms with Gasteiger partial charge in [-0.2, -0.15) is 0 Å². The first kappa shape index (κ1) is 18.8. The second kappa shape index (κ2) is 9.08. The number of anilines is 4. The zero-order valence-corrected chi connectivity index (χ0v) is 16.0.